The van der Waals surface area contributed by atoms with E-state index in [-0.39, 0.29) is 5.92 Å². The van der Waals surface area contributed by atoms with E-state index >= 15 is 0 Å². The number of halogens is 1. The van der Waals surface area contributed by atoms with Gasteiger partial charge < -0.3 is 5.32 Å². The van der Waals surface area contributed by atoms with Gasteiger partial charge in [-0.15, -0.1) is 0 Å². The molecule has 0 aliphatic heterocycles. The number of amides is 1. The monoisotopic (exact) mass is 343 g/mol. The quantitative estimate of drug-likeness (QED) is 0.725. The maximum absolute atomic E-state index is 12.4. The molecule has 0 aromatic heterocycles. The SMILES string of the molecule is CC(C)(C)C1CCC(C(=O)NC2CCCCC2Br)CC1. The number of carbonyl (C=O) groups is 1. The van der Waals surface area contributed by atoms with Crippen molar-refractivity contribution in [3.05, 3.63) is 0 Å². The summed E-state index contributed by atoms with van der Waals surface area (Å²) >= 11 is 3.73. The second kappa shape index (κ2) is 6.81. The second-order valence-corrected chi connectivity index (χ2v) is 9.01. The molecule has 0 saturated heterocycles. The fourth-order valence-corrected chi connectivity index (χ4v) is 4.49. The lowest BCUT2D eigenvalue weighted by Gasteiger charge is -2.37. The standard InChI is InChI=1S/C17H30BrNO/c1-17(2,3)13-10-8-12(9-11-13)16(20)19-15-7-5-4-6-14(15)18/h12-15H,4-11H2,1-3H3,(H,19,20). The predicted molar refractivity (Wildman–Crippen MR) is 88.0 cm³/mol. The first-order chi connectivity index (χ1) is 9.38. The Hall–Kier alpha value is -0.0500. The van der Waals surface area contributed by atoms with Crippen LogP contribution in [-0.4, -0.2) is 16.8 Å². The highest BCUT2D eigenvalue weighted by molar-refractivity contribution is 9.09. The van der Waals surface area contributed by atoms with E-state index in [4.69, 9.17) is 0 Å². The van der Waals surface area contributed by atoms with Crippen LogP contribution in [0.4, 0.5) is 0 Å². The molecular formula is C17H30BrNO. The normalized spacial score (nSPS) is 35.6. The Bertz CT molecular complexity index is 328. The van der Waals surface area contributed by atoms with E-state index in [2.05, 4.69) is 42.0 Å². The lowest BCUT2D eigenvalue weighted by Crippen LogP contribution is -2.46. The third kappa shape index (κ3) is 4.22. The first kappa shape index (κ1) is 16.3. The van der Waals surface area contributed by atoms with Gasteiger partial charge in [0.15, 0.2) is 0 Å². The minimum absolute atomic E-state index is 0.259. The summed E-state index contributed by atoms with van der Waals surface area (Å²) in [5.74, 6) is 1.36. The van der Waals surface area contributed by atoms with E-state index in [1.165, 1.54) is 32.1 Å². The molecule has 2 saturated carbocycles. The number of alkyl halides is 1. The van der Waals surface area contributed by atoms with Crippen molar-refractivity contribution in [3.8, 4) is 0 Å². The number of hydrogen-bond donors (Lipinski definition) is 1. The van der Waals surface area contributed by atoms with Crippen LogP contribution in [0.5, 0.6) is 0 Å². The number of carbonyl (C=O) groups excluding carboxylic acids is 1. The van der Waals surface area contributed by atoms with E-state index in [1.54, 1.807) is 0 Å². The fourth-order valence-electron chi connectivity index (χ4n) is 3.77. The maximum Gasteiger partial charge on any atom is 0.223 e. The molecule has 2 nitrogen and oxygen atoms in total. The lowest BCUT2D eigenvalue weighted by molar-refractivity contribution is -0.127. The predicted octanol–water partition coefficient (Wildman–Crippen LogP) is 4.66. The summed E-state index contributed by atoms with van der Waals surface area (Å²) in [5.41, 5.74) is 0.395. The number of nitrogens with one attached hydrogen (secondary N) is 1. The molecule has 20 heavy (non-hydrogen) atoms. The van der Waals surface area contributed by atoms with Gasteiger partial charge in [-0.1, -0.05) is 49.5 Å². The Morgan fingerprint density at radius 1 is 1.00 bits per heavy atom. The Morgan fingerprint density at radius 2 is 1.60 bits per heavy atom. The molecular weight excluding hydrogens is 314 g/mol. The summed E-state index contributed by atoms with van der Waals surface area (Å²) in [7, 11) is 0. The Morgan fingerprint density at radius 3 is 2.15 bits per heavy atom. The van der Waals surface area contributed by atoms with Crippen molar-refractivity contribution >= 4 is 21.8 Å². The third-order valence-corrected chi connectivity index (χ3v) is 6.43. The third-order valence-electron chi connectivity index (χ3n) is 5.33. The van der Waals surface area contributed by atoms with Crippen LogP contribution >= 0.6 is 15.9 Å². The summed E-state index contributed by atoms with van der Waals surface area (Å²) < 4.78 is 0. The molecule has 116 valence electrons. The topological polar surface area (TPSA) is 29.1 Å². The van der Waals surface area contributed by atoms with Gasteiger partial charge in [-0.25, -0.2) is 0 Å². The zero-order chi connectivity index (χ0) is 14.8. The van der Waals surface area contributed by atoms with Crippen molar-refractivity contribution in [2.24, 2.45) is 17.3 Å². The minimum Gasteiger partial charge on any atom is -0.352 e. The highest BCUT2D eigenvalue weighted by Crippen LogP contribution is 2.40. The minimum atomic E-state index is 0.259. The Labute approximate surface area is 132 Å². The van der Waals surface area contributed by atoms with Gasteiger partial charge in [0.25, 0.3) is 0 Å². The van der Waals surface area contributed by atoms with Crippen LogP contribution < -0.4 is 5.32 Å². The van der Waals surface area contributed by atoms with Crippen LogP contribution in [0.15, 0.2) is 0 Å². The van der Waals surface area contributed by atoms with E-state index < -0.39 is 0 Å². The summed E-state index contributed by atoms with van der Waals surface area (Å²) in [5, 5.41) is 3.31. The molecule has 0 spiro atoms. The van der Waals surface area contributed by atoms with Crippen LogP contribution in [-0.2, 0) is 4.79 Å². The number of hydrogen-bond acceptors (Lipinski definition) is 1. The Balaban J connectivity index is 1.80. The summed E-state index contributed by atoms with van der Waals surface area (Å²) in [6.07, 6.45) is 9.46. The molecule has 2 unspecified atom stereocenters. The summed E-state index contributed by atoms with van der Waals surface area (Å²) in [6, 6.07) is 0.358. The van der Waals surface area contributed by atoms with E-state index in [1.807, 2.05) is 0 Å². The van der Waals surface area contributed by atoms with Gasteiger partial charge in [0.2, 0.25) is 5.91 Å². The van der Waals surface area contributed by atoms with Gasteiger partial charge in [0.1, 0.15) is 0 Å². The molecule has 1 amide bonds. The molecule has 0 radical (unpaired) electrons. The molecule has 3 heteroatoms. The zero-order valence-electron chi connectivity index (χ0n) is 13.3. The highest BCUT2D eigenvalue weighted by atomic mass is 79.9. The smallest absolute Gasteiger partial charge is 0.223 e. The first-order valence-corrected chi connectivity index (χ1v) is 9.24. The van der Waals surface area contributed by atoms with E-state index in [0.29, 0.717) is 22.2 Å². The van der Waals surface area contributed by atoms with Crippen molar-refractivity contribution in [1.82, 2.24) is 5.32 Å². The van der Waals surface area contributed by atoms with Crippen LogP contribution in [0.25, 0.3) is 0 Å². The van der Waals surface area contributed by atoms with Crippen LogP contribution in [0.3, 0.4) is 0 Å². The van der Waals surface area contributed by atoms with Gasteiger partial charge in [0, 0.05) is 16.8 Å². The number of rotatable bonds is 2. The summed E-state index contributed by atoms with van der Waals surface area (Å²) in [4.78, 5) is 12.9. The van der Waals surface area contributed by atoms with Crippen molar-refractivity contribution in [3.63, 3.8) is 0 Å². The molecule has 2 aliphatic rings. The van der Waals surface area contributed by atoms with Gasteiger partial charge in [0.05, 0.1) is 0 Å². The van der Waals surface area contributed by atoms with Gasteiger partial charge >= 0.3 is 0 Å². The van der Waals surface area contributed by atoms with Crippen molar-refractivity contribution in [2.75, 3.05) is 0 Å². The zero-order valence-corrected chi connectivity index (χ0v) is 14.8. The second-order valence-electron chi connectivity index (χ2n) is 7.83. The molecule has 0 aromatic carbocycles. The van der Waals surface area contributed by atoms with Crippen molar-refractivity contribution in [1.29, 1.82) is 0 Å². The fraction of sp³-hybridized carbons (Fsp3) is 0.941. The lowest BCUT2D eigenvalue weighted by atomic mass is 9.69. The maximum atomic E-state index is 12.4. The van der Waals surface area contributed by atoms with Crippen LogP contribution in [0.2, 0.25) is 0 Å². The van der Waals surface area contributed by atoms with Crippen molar-refractivity contribution < 1.29 is 4.79 Å². The average Bonchev–Trinajstić information content (AvgIpc) is 2.40. The van der Waals surface area contributed by atoms with E-state index in [0.717, 1.165) is 25.2 Å². The van der Waals surface area contributed by atoms with Crippen molar-refractivity contribution in [2.45, 2.75) is 83.0 Å². The molecule has 2 aliphatic carbocycles. The molecule has 0 bridgehead atoms. The van der Waals surface area contributed by atoms with E-state index in [9.17, 15) is 4.79 Å². The Kier molecular flexibility index (Phi) is 5.56. The highest BCUT2D eigenvalue weighted by Gasteiger charge is 2.33. The first-order valence-electron chi connectivity index (χ1n) is 8.32. The largest absolute Gasteiger partial charge is 0.352 e. The molecule has 2 rings (SSSR count). The molecule has 0 heterocycles. The summed E-state index contributed by atoms with van der Waals surface area (Å²) in [6.45, 7) is 6.99. The van der Waals surface area contributed by atoms with Crippen LogP contribution in [0.1, 0.15) is 72.1 Å². The van der Waals surface area contributed by atoms with Gasteiger partial charge in [-0.2, -0.15) is 0 Å². The van der Waals surface area contributed by atoms with Crippen LogP contribution in [0, 0.1) is 17.3 Å². The molecule has 0 aromatic rings. The molecule has 2 fully saturated rings. The molecule has 1 N–H and O–H groups in total. The van der Waals surface area contributed by atoms with Gasteiger partial charge in [-0.3, -0.25) is 4.79 Å². The van der Waals surface area contributed by atoms with Gasteiger partial charge in [-0.05, 0) is 49.9 Å². The average molecular weight is 344 g/mol. The molecule has 2 atom stereocenters.